The summed E-state index contributed by atoms with van der Waals surface area (Å²) in [5, 5.41) is 9.01. The first-order chi connectivity index (χ1) is 8.58. The van der Waals surface area contributed by atoms with Gasteiger partial charge in [-0.05, 0) is 19.1 Å². The number of benzene rings is 1. The molecule has 1 rings (SSSR count). The van der Waals surface area contributed by atoms with Crippen molar-refractivity contribution in [2.24, 2.45) is 0 Å². The fraction of sp³-hybridized carbons (Fsp3) is 0.231. The lowest BCUT2D eigenvalue weighted by Gasteiger charge is -2.08. The van der Waals surface area contributed by atoms with Crippen LogP contribution < -0.4 is 4.74 Å². The van der Waals surface area contributed by atoms with Crippen molar-refractivity contribution in [3.05, 3.63) is 40.9 Å². The summed E-state index contributed by atoms with van der Waals surface area (Å²) in [7, 11) is 0. The number of hydrogen-bond donors (Lipinski definition) is 0. The second kappa shape index (κ2) is 6.67. The molecule has 1 aromatic rings. The Balaban J connectivity index is 2.59. The van der Waals surface area contributed by atoms with E-state index in [-0.39, 0.29) is 12.2 Å². The average molecular weight is 266 g/mol. The molecule has 0 unspecified atom stereocenters. The fourth-order valence-electron chi connectivity index (χ4n) is 1.14. The van der Waals surface area contributed by atoms with Gasteiger partial charge in [0.1, 0.15) is 18.4 Å². The third-order valence-corrected chi connectivity index (χ3v) is 2.35. The summed E-state index contributed by atoms with van der Waals surface area (Å²) in [5.41, 5.74) is 0.588. The topological polar surface area (TPSA) is 59.3 Å². The molecule has 0 spiro atoms. The summed E-state index contributed by atoms with van der Waals surface area (Å²) in [6, 6.07) is 6.60. The number of carbonyl (C=O) groups excluding carboxylic acids is 1. The summed E-state index contributed by atoms with van der Waals surface area (Å²) in [4.78, 5) is 11.3. The molecule has 0 aromatic heterocycles. The molecule has 1 aromatic carbocycles. The van der Waals surface area contributed by atoms with E-state index in [1.807, 2.05) is 6.07 Å². The lowest BCUT2D eigenvalue weighted by molar-refractivity contribution is -0.138. The van der Waals surface area contributed by atoms with Crippen LogP contribution in [0.15, 0.2) is 30.4 Å². The molecule has 0 N–H and O–H groups in total. The minimum Gasteiger partial charge on any atom is -0.489 e. The predicted molar refractivity (Wildman–Crippen MR) is 67.4 cm³/mol. The van der Waals surface area contributed by atoms with Crippen LogP contribution in [0.3, 0.4) is 0 Å². The van der Waals surface area contributed by atoms with E-state index in [0.717, 1.165) is 0 Å². The highest BCUT2D eigenvalue weighted by Gasteiger charge is 2.09. The maximum Gasteiger partial charge on any atom is 0.336 e. The van der Waals surface area contributed by atoms with Crippen molar-refractivity contribution in [1.82, 2.24) is 0 Å². The molecule has 0 bridgehead atoms. The average Bonchev–Trinajstić information content (AvgIpc) is 2.36. The predicted octanol–water partition coefficient (Wildman–Crippen LogP) is 2.71. The molecule has 0 aliphatic carbocycles. The van der Waals surface area contributed by atoms with Crippen LogP contribution in [-0.2, 0) is 9.53 Å². The van der Waals surface area contributed by atoms with E-state index >= 15 is 0 Å². The van der Waals surface area contributed by atoms with Gasteiger partial charge in [0.25, 0.3) is 0 Å². The van der Waals surface area contributed by atoms with Gasteiger partial charge in [-0.15, -0.1) is 0 Å². The van der Waals surface area contributed by atoms with Crippen LogP contribution in [-0.4, -0.2) is 19.2 Å². The Morgan fingerprint density at radius 2 is 2.28 bits per heavy atom. The van der Waals surface area contributed by atoms with Crippen molar-refractivity contribution in [3.63, 3.8) is 0 Å². The number of carbonyl (C=O) groups is 1. The van der Waals surface area contributed by atoms with Crippen LogP contribution in [0, 0.1) is 11.3 Å². The normalized spacial score (nSPS) is 9.39. The number of rotatable bonds is 5. The third kappa shape index (κ3) is 3.79. The summed E-state index contributed by atoms with van der Waals surface area (Å²) in [6.45, 7) is 5.58. The SMILES string of the molecule is C=C(COc1ccc(C#N)c(Cl)c1)C(=O)OCC. The standard InChI is InChI=1S/C13H12ClNO3/c1-3-17-13(16)9(2)8-18-11-5-4-10(7-15)12(14)6-11/h4-6H,2-3,8H2,1H3. The van der Waals surface area contributed by atoms with Crippen LogP contribution in [0.4, 0.5) is 0 Å². The number of nitrogens with zero attached hydrogens (tertiary/aromatic N) is 1. The van der Waals surface area contributed by atoms with Gasteiger partial charge in [-0.25, -0.2) is 4.79 Å². The van der Waals surface area contributed by atoms with Crippen molar-refractivity contribution < 1.29 is 14.3 Å². The van der Waals surface area contributed by atoms with Crippen LogP contribution >= 0.6 is 11.6 Å². The summed E-state index contributed by atoms with van der Waals surface area (Å²) in [5.74, 6) is -0.0262. The maximum absolute atomic E-state index is 11.3. The maximum atomic E-state index is 11.3. The zero-order valence-corrected chi connectivity index (χ0v) is 10.7. The number of esters is 1. The van der Waals surface area contributed by atoms with Crippen molar-refractivity contribution in [2.75, 3.05) is 13.2 Å². The Morgan fingerprint density at radius 1 is 1.56 bits per heavy atom. The lowest BCUT2D eigenvalue weighted by Crippen LogP contribution is -2.13. The Morgan fingerprint density at radius 3 is 2.83 bits per heavy atom. The Hall–Kier alpha value is -1.99. The highest BCUT2D eigenvalue weighted by molar-refractivity contribution is 6.31. The molecule has 0 atom stereocenters. The molecule has 0 heterocycles. The molecule has 0 radical (unpaired) electrons. The van der Waals surface area contributed by atoms with Gasteiger partial charge >= 0.3 is 5.97 Å². The lowest BCUT2D eigenvalue weighted by atomic mass is 10.2. The second-order valence-corrected chi connectivity index (χ2v) is 3.77. The second-order valence-electron chi connectivity index (χ2n) is 3.37. The van der Waals surface area contributed by atoms with Crippen molar-refractivity contribution in [3.8, 4) is 11.8 Å². The summed E-state index contributed by atoms with van der Waals surface area (Å²) >= 11 is 5.84. The highest BCUT2D eigenvalue weighted by Crippen LogP contribution is 2.22. The minimum atomic E-state index is -0.489. The molecule has 5 heteroatoms. The van der Waals surface area contributed by atoms with E-state index in [4.69, 9.17) is 26.3 Å². The van der Waals surface area contributed by atoms with E-state index in [1.54, 1.807) is 19.1 Å². The van der Waals surface area contributed by atoms with Gasteiger partial charge in [0, 0.05) is 6.07 Å². The Bertz CT molecular complexity index is 505. The molecule has 0 saturated carbocycles. The highest BCUT2D eigenvalue weighted by atomic mass is 35.5. The third-order valence-electron chi connectivity index (χ3n) is 2.04. The molecule has 94 valence electrons. The monoisotopic (exact) mass is 265 g/mol. The zero-order valence-electron chi connectivity index (χ0n) is 9.90. The Labute approximate surface area is 110 Å². The van der Waals surface area contributed by atoms with Gasteiger partial charge in [-0.3, -0.25) is 0 Å². The van der Waals surface area contributed by atoms with Gasteiger partial charge in [0.2, 0.25) is 0 Å². The largest absolute Gasteiger partial charge is 0.489 e. The van der Waals surface area contributed by atoms with Crippen LogP contribution in [0.25, 0.3) is 0 Å². The first-order valence-corrected chi connectivity index (χ1v) is 5.63. The molecule has 0 fully saturated rings. The molecular formula is C13H12ClNO3. The first kappa shape index (κ1) is 14.1. The number of halogens is 1. The first-order valence-electron chi connectivity index (χ1n) is 5.25. The van der Waals surface area contributed by atoms with E-state index in [9.17, 15) is 4.79 Å². The van der Waals surface area contributed by atoms with Crippen molar-refractivity contribution in [2.45, 2.75) is 6.92 Å². The summed E-state index contributed by atoms with van der Waals surface area (Å²) < 4.78 is 10.1. The molecule has 0 aliphatic heterocycles. The summed E-state index contributed by atoms with van der Waals surface area (Å²) in [6.07, 6.45) is 0. The van der Waals surface area contributed by atoms with Gasteiger partial charge in [0.05, 0.1) is 22.8 Å². The molecule has 0 saturated heterocycles. The van der Waals surface area contributed by atoms with E-state index in [2.05, 4.69) is 6.58 Å². The quantitative estimate of drug-likeness (QED) is 0.607. The van der Waals surface area contributed by atoms with Gasteiger partial charge in [0.15, 0.2) is 0 Å². The smallest absolute Gasteiger partial charge is 0.336 e. The van der Waals surface area contributed by atoms with Gasteiger partial charge in [-0.1, -0.05) is 18.2 Å². The van der Waals surface area contributed by atoms with E-state index in [0.29, 0.717) is 22.9 Å². The molecular weight excluding hydrogens is 254 g/mol. The Kier molecular flexibility index (Phi) is 5.22. The van der Waals surface area contributed by atoms with Gasteiger partial charge in [-0.2, -0.15) is 5.26 Å². The number of hydrogen-bond acceptors (Lipinski definition) is 4. The number of ether oxygens (including phenoxy) is 2. The molecule has 0 aliphatic rings. The fourth-order valence-corrected chi connectivity index (χ4v) is 1.35. The van der Waals surface area contributed by atoms with Crippen LogP contribution in [0.5, 0.6) is 5.75 Å². The van der Waals surface area contributed by atoms with Gasteiger partial charge < -0.3 is 9.47 Å². The molecule has 4 nitrogen and oxygen atoms in total. The zero-order chi connectivity index (χ0) is 13.5. The molecule has 0 amide bonds. The van der Waals surface area contributed by atoms with Crippen LogP contribution in [0.2, 0.25) is 5.02 Å². The minimum absolute atomic E-state index is 0.0149. The number of nitriles is 1. The van der Waals surface area contributed by atoms with Crippen molar-refractivity contribution in [1.29, 1.82) is 5.26 Å². The van der Waals surface area contributed by atoms with E-state index in [1.165, 1.54) is 6.07 Å². The van der Waals surface area contributed by atoms with Crippen LogP contribution in [0.1, 0.15) is 12.5 Å². The molecule has 18 heavy (non-hydrogen) atoms. The van der Waals surface area contributed by atoms with Crippen molar-refractivity contribution >= 4 is 17.6 Å². The van der Waals surface area contributed by atoms with E-state index < -0.39 is 5.97 Å².